The molecule has 0 saturated carbocycles. The van der Waals surface area contributed by atoms with Crippen LogP contribution in [0.3, 0.4) is 0 Å². The first-order valence-corrected chi connectivity index (χ1v) is 8.38. The highest BCUT2D eigenvalue weighted by molar-refractivity contribution is 6.11. The summed E-state index contributed by atoms with van der Waals surface area (Å²) in [5.41, 5.74) is 8.51. The molecular weight excluding hydrogens is 307 g/mol. The van der Waals surface area contributed by atoms with Crippen molar-refractivity contribution in [1.29, 1.82) is 5.41 Å². The van der Waals surface area contributed by atoms with Gasteiger partial charge < -0.3 is 16.2 Å². The Bertz CT molecular complexity index is 654. The van der Waals surface area contributed by atoms with E-state index in [4.69, 9.17) is 11.1 Å². The van der Waals surface area contributed by atoms with Crippen molar-refractivity contribution >= 4 is 11.5 Å². The van der Waals surface area contributed by atoms with Gasteiger partial charge in [0.15, 0.2) is 0 Å². The average molecular weight is 334 g/mol. The molecule has 0 radical (unpaired) electrons. The Labute approximate surface area is 142 Å². The quantitative estimate of drug-likeness (QED) is 0.474. The van der Waals surface area contributed by atoms with Crippen LogP contribution in [0.5, 0.6) is 0 Å². The molecule has 0 saturated heterocycles. The summed E-state index contributed by atoms with van der Waals surface area (Å²) >= 11 is 0. The number of halogens is 1. The van der Waals surface area contributed by atoms with Gasteiger partial charge in [-0.2, -0.15) is 4.39 Å². The van der Waals surface area contributed by atoms with Crippen LogP contribution in [-0.2, 0) is 0 Å². The number of nitrogens with zero attached hydrogens (tertiary/aromatic N) is 1. The maximum atomic E-state index is 13.8. The largest absolute Gasteiger partial charge is 0.402 e. The van der Waals surface area contributed by atoms with Gasteiger partial charge in [0.05, 0.1) is 11.8 Å². The summed E-state index contributed by atoms with van der Waals surface area (Å²) in [7, 11) is 0. The van der Waals surface area contributed by atoms with E-state index in [1.165, 1.54) is 6.07 Å². The summed E-state index contributed by atoms with van der Waals surface area (Å²) in [6.07, 6.45) is 2.50. The van der Waals surface area contributed by atoms with Crippen LogP contribution in [0.25, 0.3) is 0 Å². The third-order valence-electron chi connectivity index (χ3n) is 4.48. The smallest absolute Gasteiger partial charge is 0.215 e. The first-order valence-electron chi connectivity index (χ1n) is 8.38. The number of aliphatic hydroxyl groups excluding tert-OH is 1. The summed E-state index contributed by atoms with van der Waals surface area (Å²) < 4.78 is 13.8. The van der Waals surface area contributed by atoms with E-state index in [0.717, 1.165) is 24.8 Å². The number of aromatic nitrogens is 1. The van der Waals surface area contributed by atoms with E-state index in [-0.39, 0.29) is 11.1 Å². The molecule has 5 nitrogen and oxygen atoms in total. The number of pyridine rings is 1. The Morgan fingerprint density at radius 3 is 2.83 bits per heavy atom. The molecule has 0 amide bonds. The van der Waals surface area contributed by atoms with Crippen LogP contribution in [-0.4, -0.2) is 28.5 Å². The first-order chi connectivity index (χ1) is 11.2. The number of rotatable bonds is 6. The zero-order chi connectivity index (χ0) is 17.9. The Balaban J connectivity index is 2.22. The minimum absolute atomic E-state index is 0.139. The molecule has 1 aromatic heterocycles. The fourth-order valence-corrected chi connectivity index (χ4v) is 2.89. The molecule has 0 aromatic carbocycles. The van der Waals surface area contributed by atoms with Crippen LogP contribution in [0.15, 0.2) is 23.4 Å². The number of hydrogen-bond donors (Lipinski definition) is 4. The van der Waals surface area contributed by atoms with E-state index in [1.807, 2.05) is 6.92 Å². The van der Waals surface area contributed by atoms with Crippen LogP contribution in [0.1, 0.15) is 52.0 Å². The van der Waals surface area contributed by atoms with Crippen LogP contribution < -0.4 is 11.1 Å². The Morgan fingerprint density at radius 2 is 2.21 bits per heavy atom. The third kappa shape index (κ3) is 4.54. The molecule has 0 spiro atoms. The highest BCUT2D eigenvalue weighted by Crippen LogP contribution is 2.37. The molecule has 0 fully saturated rings. The Kier molecular flexibility index (Phi) is 5.59. The van der Waals surface area contributed by atoms with Crippen molar-refractivity contribution in [3.8, 4) is 0 Å². The fraction of sp³-hybridized carbons (Fsp3) is 0.556. The molecule has 6 heteroatoms. The Hall–Kier alpha value is -1.95. The lowest BCUT2D eigenvalue weighted by Gasteiger charge is -2.31. The predicted molar refractivity (Wildman–Crippen MR) is 94.7 cm³/mol. The number of allylic oxidation sites excluding steroid dienone is 2. The van der Waals surface area contributed by atoms with Gasteiger partial charge in [0.2, 0.25) is 5.95 Å². The second-order valence-electron chi connectivity index (χ2n) is 7.23. The monoisotopic (exact) mass is 334 g/mol. The van der Waals surface area contributed by atoms with Crippen LogP contribution >= 0.6 is 0 Å². The zero-order valence-corrected chi connectivity index (χ0v) is 14.6. The summed E-state index contributed by atoms with van der Waals surface area (Å²) in [6.45, 7) is 6.48. The second-order valence-corrected chi connectivity index (χ2v) is 7.23. The lowest BCUT2D eigenvalue weighted by Crippen LogP contribution is -2.25. The fourth-order valence-electron chi connectivity index (χ4n) is 2.89. The Morgan fingerprint density at radius 1 is 1.50 bits per heavy atom. The highest BCUT2D eigenvalue weighted by atomic mass is 19.1. The van der Waals surface area contributed by atoms with Crippen LogP contribution in [0, 0.1) is 16.8 Å². The van der Waals surface area contributed by atoms with E-state index >= 15 is 0 Å². The minimum atomic E-state index is -0.652. The molecule has 1 aliphatic carbocycles. The van der Waals surface area contributed by atoms with E-state index < -0.39 is 12.1 Å². The molecule has 24 heavy (non-hydrogen) atoms. The minimum Gasteiger partial charge on any atom is -0.402 e. The number of anilines is 1. The van der Waals surface area contributed by atoms with E-state index in [1.54, 1.807) is 6.07 Å². The van der Waals surface area contributed by atoms with E-state index in [2.05, 4.69) is 24.1 Å². The molecule has 2 rings (SSSR count). The van der Waals surface area contributed by atoms with Crippen LogP contribution in [0.2, 0.25) is 0 Å². The van der Waals surface area contributed by atoms with Gasteiger partial charge in [-0.1, -0.05) is 20.8 Å². The SMILES string of the molecule is CCC(O)CNc1cc(C(=N)C2=C(N)CC(C)(C)CC2)cc(F)n1. The lowest BCUT2D eigenvalue weighted by atomic mass is 9.75. The van der Waals surface area contributed by atoms with Gasteiger partial charge in [-0.15, -0.1) is 0 Å². The third-order valence-corrected chi connectivity index (χ3v) is 4.48. The molecule has 0 bridgehead atoms. The van der Waals surface area contributed by atoms with Crippen molar-refractivity contribution in [3.63, 3.8) is 0 Å². The molecule has 1 heterocycles. The van der Waals surface area contributed by atoms with Gasteiger partial charge in [0.1, 0.15) is 5.82 Å². The van der Waals surface area contributed by atoms with Crippen molar-refractivity contribution in [2.45, 2.75) is 52.6 Å². The molecule has 1 aromatic rings. The number of nitrogens with two attached hydrogens (primary N) is 1. The average Bonchev–Trinajstić information content (AvgIpc) is 2.50. The number of nitrogens with one attached hydrogen (secondary N) is 2. The van der Waals surface area contributed by atoms with Crippen LogP contribution in [0.4, 0.5) is 10.2 Å². The van der Waals surface area contributed by atoms with Crippen molar-refractivity contribution in [2.75, 3.05) is 11.9 Å². The normalized spacial score (nSPS) is 18.4. The molecule has 5 N–H and O–H groups in total. The summed E-state index contributed by atoms with van der Waals surface area (Å²) in [5, 5.41) is 20.9. The second kappa shape index (κ2) is 7.30. The maximum absolute atomic E-state index is 13.8. The standard InChI is InChI=1S/C18H27FN4O/c1-4-12(24)10-22-16-8-11(7-15(19)23-16)17(21)13-5-6-18(2,3)9-14(13)20/h7-8,12,21,24H,4-6,9-10,20H2,1-3H3,(H,22,23). The molecule has 1 unspecified atom stereocenters. The van der Waals surface area contributed by atoms with Crippen molar-refractivity contribution in [3.05, 3.63) is 34.9 Å². The molecule has 1 aliphatic rings. The zero-order valence-electron chi connectivity index (χ0n) is 14.6. The van der Waals surface area contributed by atoms with Gasteiger partial charge >= 0.3 is 0 Å². The van der Waals surface area contributed by atoms with Gasteiger partial charge in [0, 0.05) is 23.9 Å². The maximum Gasteiger partial charge on any atom is 0.215 e. The molecular formula is C18H27FN4O. The number of hydrogen-bond acceptors (Lipinski definition) is 5. The molecule has 0 aliphatic heterocycles. The topological polar surface area (TPSA) is 95.0 Å². The summed E-state index contributed by atoms with van der Waals surface area (Å²) in [4.78, 5) is 3.78. The summed E-state index contributed by atoms with van der Waals surface area (Å²) in [6, 6.07) is 2.89. The van der Waals surface area contributed by atoms with Gasteiger partial charge in [-0.3, -0.25) is 5.41 Å². The van der Waals surface area contributed by atoms with Gasteiger partial charge in [-0.25, -0.2) is 4.98 Å². The molecule has 1 atom stereocenters. The summed E-state index contributed by atoms with van der Waals surface area (Å²) in [5.74, 6) is -0.335. The number of aliphatic hydroxyl groups is 1. The van der Waals surface area contributed by atoms with E-state index in [9.17, 15) is 9.50 Å². The lowest BCUT2D eigenvalue weighted by molar-refractivity contribution is 0.183. The predicted octanol–water partition coefficient (Wildman–Crippen LogP) is 3.19. The van der Waals surface area contributed by atoms with Crippen molar-refractivity contribution in [2.24, 2.45) is 11.1 Å². The van der Waals surface area contributed by atoms with E-state index in [0.29, 0.717) is 30.0 Å². The van der Waals surface area contributed by atoms with Gasteiger partial charge in [-0.05, 0) is 42.7 Å². The van der Waals surface area contributed by atoms with Crippen molar-refractivity contribution < 1.29 is 9.50 Å². The highest BCUT2D eigenvalue weighted by Gasteiger charge is 2.28. The first kappa shape index (κ1) is 18.4. The molecule has 132 valence electrons. The van der Waals surface area contributed by atoms with Gasteiger partial charge in [0.25, 0.3) is 0 Å². The van der Waals surface area contributed by atoms with Crippen molar-refractivity contribution in [1.82, 2.24) is 4.98 Å².